The van der Waals surface area contributed by atoms with Gasteiger partial charge in [-0.05, 0) is 80.5 Å². The Morgan fingerprint density at radius 2 is 1.72 bits per heavy atom. The molecule has 0 heterocycles. The smallest absolute Gasteiger partial charge is 0.309 e. The minimum Gasteiger partial charge on any atom is -0.481 e. The number of hydrogen-bond donors (Lipinski definition) is 2. The topological polar surface area (TPSA) is 75.6 Å². The first-order valence-corrected chi connectivity index (χ1v) is 9.94. The summed E-state index contributed by atoms with van der Waals surface area (Å²) in [5.41, 5.74) is 1.39. The lowest BCUT2D eigenvalue weighted by molar-refractivity contribution is -0.154. The van der Waals surface area contributed by atoms with E-state index in [1.54, 1.807) is 19.1 Å². The summed E-state index contributed by atoms with van der Waals surface area (Å²) >= 11 is 0. The Morgan fingerprint density at radius 3 is 2.31 bits per heavy atom. The Kier molecular flexibility index (Phi) is 5.44. The Labute approximate surface area is 172 Å². The highest BCUT2D eigenvalue weighted by atomic mass is 16.5. The molecule has 0 spiro atoms. The summed E-state index contributed by atoms with van der Waals surface area (Å²) in [6.07, 6.45) is 1.06. The minimum atomic E-state index is -0.904. The van der Waals surface area contributed by atoms with Crippen molar-refractivity contribution in [1.82, 2.24) is 0 Å². The van der Waals surface area contributed by atoms with Crippen molar-refractivity contribution in [2.75, 3.05) is 5.32 Å². The van der Waals surface area contributed by atoms with Gasteiger partial charge in [-0.3, -0.25) is 9.59 Å². The van der Waals surface area contributed by atoms with Crippen molar-refractivity contribution in [2.24, 2.45) is 16.7 Å². The van der Waals surface area contributed by atoms with Crippen LogP contribution >= 0.6 is 0 Å². The van der Waals surface area contributed by atoms with E-state index in [-0.39, 0.29) is 11.8 Å². The summed E-state index contributed by atoms with van der Waals surface area (Å²) in [7, 11) is 0. The van der Waals surface area contributed by atoms with Gasteiger partial charge in [0, 0.05) is 11.6 Å². The molecule has 0 saturated heterocycles. The fraction of sp³-hybridized carbons (Fsp3) is 0.417. The molecule has 2 aromatic carbocycles. The molecule has 2 atom stereocenters. The van der Waals surface area contributed by atoms with Gasteiger partial charge in [0.25, 0.3) is 0 Å². The van der Waals surface area contributed by atoms with Crippen LogP contribution in [0.5, 0.6) is 11.5 Å². The van der Waals surface area contributed by atoms with Crippen LogP contribution in [-0.2, 0) is 9.59 Å². The third-order valence-corrected chi connectivity index (χ3v) is 6.92. The second-order valence-corrected chi connectivity index (χ2v) is 8.76. The lowest BCUT2D eigenvalue weighted by Crippen LogP contribution is -2.43. The SMILES string of the molecule is Cc1cccc(Oc2ccc(NC(=O)[C@H]3CC[C@](C)(C(=O)O)C3(C)C)cc2)c1C. The van der Waals surface area contributed by atoms with Crippen LogP contribution in [0, 0.1) is 30.6 Å². The largest absolute Gasteiger partial charge is 0.481 e. The molecule has 2 aromatic rings. The minimum absolute atomic E-state index is 0.136. The number of rotatable bonds is 5. The van der Waals surface area contributed by atoms with E-state index in [1.165, 1.54) is 5.56 Å². The van der Waals surface area contributed by atoms with Gasteiger partial charge in [-0.1, -0.05) is 26.0 Å². The van der Waals surface area contributed by atoms with Crippen LogP contribution in [0.4, 0.5) is 5.69 Å². The highest BCUT2D eigenvalue weighted by Gasteiger charge is 2.58. The Balaban J connectivity index is 1.69. The number of benzene rings is 2. The zero-order chi connectivity index (χ0) is 21.4. The molecule has 1 amide bonds. The van der Waals surface area contributed by atoms with Gasteiger partial charge in [-0.2, -0.15) is 0 Å². The summed E-state index contributed by atoms with van der Waals surface area (Å²) in [4.78, 5) is 24.6. The molecule has 0 bridgehead atoms. The number of anilines is 1. The molecule has 154 valence electrons. The number of aryl methyl sites for hydroxylation is 1. The summed E-state index contributed by atoms with van der Waals surface area (Å²) in [5.74, 6) is 0.169. The molecule has 1 fully saturated rings. The second-order valence-electron chi connectivity index (χ2n) is 8.76. The van der Waals surface area contributed by atoms with E-state index in [2.05, 4.69) is 5.32 Å². The number of carboxylic acids is 1. The maximum atomic E-state index is 12.9. The summed E-state index contributed by atoms with van der Waals surface area (Å²) < 4.78 is 5.96. The summed E-state index contributed by atoms with van der Waals surface area (Å²) in [6, 6.07) is 13.2. The normalized spacial score (nSPS) is 22.9. The number of hydrogen-bond acceptors (Lipinski definition) is 3. The lowest BCUT2D eigenvalue weighted by Gasteiger charge is -2.37. The molecule has 2 N–H and O–H groups in total. The van der Waals surface area contributed by atoms with Gasteiger partial charge in [0.15, 0.2) is 0 Å². The van der Waals surface area contributed by atoms with Gasteiger partial charge >= 0.3 is 5.97 Å². The van der Waals surface area contributed by atoms with Gasteiger partial charge in [-0.15, -0.1) is 0 Å². The van der Waals surface area contributed by atoms with Crippen LogP contribution in [0.3, 0.4) is 0 Å². The van der Waals surface area contributed by atoms with Gasteiger partial charge in [0.05, 0.1) is 5.41 Å². The average Bonchev–Trinajstić information content (AvgIpc) is 2.91. The molecule has 5 nitrogen and oxygen atoms in total. The molecule has 5 heteroatoms. The lowest BCUT2D eigenvalue weighted by atomic mass is 9.65. The van der Waals surface area contributed by atoms with Crippen molar-refractivity contribution < 1.29 is 19.4 Å². The number of ether oxygens (including phenoxy) is 1. The molecular weight excluding hydrogens is 366 g/mol. The van der Waals surface area contributed by atoms with Crippen molar-refractivity contribution in [1.29, 1.82) is 0 Å². The molecule has 1 saturated carbocycles. The maximum Gasteiger partial charge on any atom is 0.309 e. The van der Waals surface area contributed by atoms with E-state index < -0.39 is 16.8 Å². The van der Waals surface area contributed by atoms with Crippen LogP contribution in [-0.4, -0.2) is 17.0 Å². The second kappa shape index (κ2) is 7.54. The molecule has 0 aromatic heterocycles. The number of carbonyl (C=O) groups excluding carboxylic acids is 1. The predicted molar refractivity (Wildman–Crippen MR) is 113 cm³/mol. The van der Waals surface area contributed by atoms with Crippen LogP contribution in [0.2, 0.25) is 0 Å². The molecule has 1 aliphatic rings. The number of carbonyl (C=O) groups is 2. The fourth-order valence-electron chi connectivity index (χ4n) is 4.14. The summed E-state index contributed by atoms with van der Waals surface area (Å²) in [5, 5.41) is 12.6. The van der Waals surface area contributed by atoms with Gasteiger partial charge in [0.1, 0.15) is 11.5 Å². The van der Waals surface area contributed by atoms with E-state index in [0.29, 0.717) is 24.3 Å². The zero-order valence-corrected chi connectivity index (χ0v) is 17.7. The van der Waals surface area contributed by atoms with E-state index in [9.17, 15) is 14.7 Å². The molecular formula is C24H29NO4. The van der Waals surface area contributed by atoms with Crippen molar-refractivity contribution in [3.05, 3.63) is 53.6 Å². The predicted octanol–water partition coefficient (Wildman–Crippen LogP) is 5.56. The quantitative estimate of drug-likeness (QED) is 0.695. The molecule has 1 aliphatic carbocycles. The van der Waals surface area contributed by atoms with Crippen molar-refractivity contribution in [3.8, 4) is 11.5 Å². The Hall–Kier alpha value is -2.82. The number of carboxylic acid groups (broad SMARTS) is 1. The number of amides is 1. The van der Waals surface area contributed by atoms with E-state index in [4.69, 9.17) is 4.74 Å². The number of nitrogens with one attached hydrogen (secondary N) is 1. The van der Waals surface area contributed by atoms with Crippen molar-refractivity contribution in [3.63, 3.8) is 0 Å². The van der Waals surface area contributed by atoms with Crippen LogP contribution in [0.15, 0.2) is 42.5 Å². The molecule has 3 rings (SSSR count). The first kappa shape index (κ1) is 20.9. The molecule has 0 aliphatic heterocycles. The molecule has 29 heavy (non-hydrogen) atoms. The first-order chi connectivity index (χ1) is 13.6. The third-order valence-electron chi connectivity index (χ3n) is 6.92. The standard InChI is InChI=1S/C24H29NO4/c1-15-7-6-8-20(16(15)2)29-18-11-9-17(10-12-18)25-21(26)19-13-14-24(5,22(27)28)23(19,3)4/h6-12,19H,13-14H2,1-5H3,(H,25,26)(H,27,28)/t19-,24-/m1/s1. The van der Waals surface area contributed by atoms with Crippen molar-refractivity contribution in [2.45, 2.75) is 47.5 Å². The highest BCUT2D eigenvalue weighted by Crippen LogP contribution is 2.56. The maximum absolute atomic E-state index is 12.9. The van der Waals surface area contributed by atoms with Crippen LogP contribution < -0.4 is 10.1 Å². The zero-order valence-electron chi connectivity index (χ0n) is 17.7. The van der Waals surface area contributed by atoms with Crippen LogP contribution in [0.1, 0.15) is 44.7 Å². The van der Waals surface area contributed by atoms with Crippen molar-refractivity contribution >= 4 is 17.6 Å². The first-order valence-electron chi connectivity index (χ1n) is 9.94. The average molecular weight is 395 g/mol. The van der Waals surface area contributed by atoms with E-state index in [1.807, 2.05) is 58.0 Å². The Bertz CT molecular complexity index is 932. The van der Waals surface area contributed by atoms with Gasteiger partial charge in [-0.25, -0.2) is 0 Å². The fourth-order valence-corrected chi connectivity index (χ4v) is 4.14. The molecule has 0 radical (unpaired) electrons. The van der Waals surface area contributed by atoms with Crippen LogP contribution in [0.25, 0.3) is 0 Å². The van der Waals surface area contributed by atoms with E-state index >= 15 is 0 Å². The third kappa shape index (κ3) is 3.74. The summed E-state index contributed by atoms with van der Waals surface area (Å²) in [6.45, 7) is 9.55. The molecule has 0 unspecified atom stereocenters. The van der Waals surface area contributed by atoms with Gasteiger partial charge < -0.3 is 15.2 Å². The number of aliphatic carboxylic acids is 1. The van der Waals surface area contributed by atoms with E-state index in [0.717, 1.165) is 11.3 Å². The highest BCUT2D eigenvalue weighted by molar-refractivity contribution is 5.94. The monoisotopic (exact) mass is 395 g/mol. The Morgan fingerprint density at radius 1 is 1.07 bits per heavy atom. The van der Waals surface area contributed by atoms with Gasteiger partial charge in [0.2, 0.25) is 5.91 Å².